The van der Waals surface area contributed by atoms with Gasteiger partial charge >= 0.3 is 0 Å². The minimum absolute atomic E-state index is 0.103. The van der Waals surface area contributed by atoms with E-state index < -0.39 is 0 Å². The number of ether oxygens (including phenoxy) is 2. The second kappa shape index (κ2) is 10.9. The van der Waals surface area contributed by atoms with Gasteiger partial charge in [-0.05, 0) is 56.0 Å². The zero-order valence-electron chi connectivity index (χ0n) is 21.3. The molecule has 7 heteroatoms. The summed E-state index contributed by atoms with van der Waals surface area (Å²) in [5.41, 5.74) is 2.01. The largest absolute Gasteiger partial charge is 0.497 e. The van der Waals surface area contributed by atoms with Crippen LogP contribution in [0, 0.1) is 5.82 Å². The lowest BCUT2D eigenvalue weighted by molar-refractivity contribution is -0.138. The predicted octanol–water partition coefficient (Wildman–Crippen LogP) is 6.35. The van der Waals surface area contributed by atoms with Gasteiger partial charge in [0.15, 0.2) is 0 Å². The highest BCUT2D eigenvalue weighted by Crippen LogP contribution is 2.36. The number of hydrogen-bond acceptors (Lipinski definition) is 4. The van der Waals surface area contributed by atoms with Gasteiger partial charge in [0.05, 0.1) is 30.8 Å². The normalized spacial score (nSPS) is 17.3. The van der Waals surface area contributed by atoms with E-state index in [0.717, 1.165) is 31.2 Å². The number of nitrogens with zero attached hydrogens (tertiary/aromatic N) is 3. The van der Waals surface area contributed by atoms with Crippen LogP contribution in [0.1, 0.15) is 64.2 Å². The third kappa shape index (κ3) is 4.93. The summed E-state index contributed by atoms with van der Waals surface area (Å²) in [6, 6.07) is 10.7. The van der Waals surface area contributed by atoms with Gasteiger partial charge < -0.3 is 18.9 Å². The van der Waals surface area contributed by atoms with E-state index in [2.05, 4.69) is 4.90 Å². The fourth-order valence-electron chi connectivity index (χ4n) is 6.09. The molecular formula is C29H36FN3O3. The average Bonchev–Trinajstić information content (AvgIpc) is 3.26. The number of methoxy groups -OCH3 is 2. The van der Waals surface area contributed by atoms with E-state index in [1.165, 1.54) is 50.7 Å². The van der Waals surface area contributed by atoms with Gasteiger partial charge in [0.1, 0.15) is 29.7 Å². The van der Waals surface area contributed by atoms with Crippen LogP contribution in [0.2, 0.25) is 0 Å². The Morgan fingerprint density at radius 1 is 0.944 bits per heavy atom. The third-order valence-corrected chi connectivity index (χ3v) is 7.88. The molecule has 0 bridgehead atoms. The van der Waals surface area contributed by atoms with Crippen LogP contribution >= 0.6 is 0 Å². The predicted molar refractivity (Wildman–Crippen MR) is 139 cm³/mol. The molecule has 0 aliphatic heterocycles. The van der Waals surface area contributed by atoms with E-state index in [0.29, 0.717) is 40.4 Å². The molecule has 3 aromatic rings. The highest BCUT2D eigenvalue weighted by molar-refractivity contribution is 5.86. The molecule has 0 atom stereocenters. The first-order chi connectivity index (χ1) is 17.6. The lowest BCUT2D eigenvalue weighted by atomic mass is 9.88. The second-order valence-corrected chi connectivity index (χ2v) is 10.1. The lowest BCUT2D eigenvalue weighted by Gasteiger charge is -2.42. The summed E-state index contributed by atoms with van der Waals surface area (Å²) >= 11 is 0. The third-order valence-electron chi connectivity index (χ3n) is 7.88. The number of halogens is 1. The van der Waals surface area contributed by atoms with Crippen molar-refractivity contribution in [3.63, 3.8) is 0 Å². The summed E-state index contributed by atoms with van der Waals surface area (Å²) in [6.07, 6.45) is 11.5. The minimum atomic E-state index is -0.347. The Morgan fingerprint density at radius 3 is 2.22 bits per heavy atom. The molecule has 5 rings (SSSR count). The van der Waals surface area contributed by atoms with Crippen molar-refractivity contribution >= 4 is 16.9 Å². The Labute approximate surface area is 212 Å². The fraction of sp³-hybridized carbons (Fsp3) is 0.517. The molecule has 1 heterocycles. The van der Waals surface area contributed by atoms with Gasteiger partial charge in [0.2, 0.25) is 5.91 Å². The summed E-state index contributed by atoms with van der Waals surface area (Å²) in [7, 11) is 3.21. The van der Waals surface area contributed by atoms with E-state index in [1.807, 2.05) is 16.7 Å². The molecule has 192 valence electrons. The Kier molecular flexibility index (Phi) is 7.44. The number of fused-ring (bicyclic) bond motifs is 1. The number of aromatic nitrogens is 2. The monoisotopic (exact) mass is 493 g/mol. The van der Waals surface area contributed by atoms with Gasteiger partial charge in [-0.1, -0.05) is 38.5 Å². The number of benzene rings is 2. The molecule has 2 saturated carbocycles. The van der Waals surface area contributed by atoms with Crippen molar-refractivity contribution < 1.29 is 18.7 Å². The zero-order chi connectivity index (χ0) is 25.1. The molecule has 0 saturated heterocycles. The second-order valence-electron chi connectivity index (χ2n) is 10.1. The first-order valence-electron chi connectivity index (χ1n) is 13.3. The van der Waals surface area contributed by atoms with Gasteiger partial charge in [-0.25, -0.2) is 9.37 Å². The van der Waals surface area contributed by atoms with Crippen LogP contribution in [0.25, 0.3) is 22.4 Å². The molecule has 1 amide bonds. The van der Waals surface area contributed by atoms with Gasteiger partial charge in [0.25, 0.3) is 0 Å². The van der Waals surface area contributed by atoms with Gasteiger partial charge in [-0.3, -0.25) is 4.79 Å². The highest BCUT2D eigenvalue weighted by Gasteiger charge is 2.33. The number of amides is 1. The van der Waals surface area contributed by atoms with E-state index in [9.17, 15) is 9.18 Å². The van der Waals surface area contributed by atoms with E-state index in [4.69, 9.17) is 14.5 Å². The Morgan fingerprint density at radius 2 is 1.61 bits per heavy atom. The summed E-state index contributed by atoms with van der Waals surface area (Å²) < 4.78 is 27.3. The van der Waals surface area contributed by atoms with Crippen LogP contribution in [-0.2, 0) is 11.3 Å². The van der Waals surface area contributed by atoms with Crippen molar-refractivity contribution in [2.24, 2.45) is 0 Å². The van der Waals surface area contributed by atoms with E-state index >= 15 is 0 Å². The molecule has 2 aromatic carbocycles. The van der Waals surface area contributed by atoms with Crippen molar-refractivity contribution in [2.45, 2.75) is 82.8 Å². The number of imidazole rings is 1. The van der Waals surface area contributed by atoms with E-state index in [1.54, 1.807) is 26.4 Å². The van der Waals surface area contributed by atoms with Crippen molar-refractivity contribution in [1.82, 2.24) is 14.5 Å². The standard InChI is InChI=1S/C29H36FN3O3/c1-35-23-14-15-24(27(18-23)36-2)29-31-25-16-13-20(30)17-26(25)32(29)19-28(34)33(21-9-5-3-6-10-21)22-11-7-4-8-12-22/h13-18,21-22H,3-12,19H2,1-2H3. The molecule has 0 N–H and O–H groups in total. The molecule has 2 aliphatic carbocycles. The summed E-state index contributed by atoms with van der Waals surface area (Å²) in [5, 5.41) is 0. The molecule has 0 radical (unpaired) electrons. The van der Waals surface area contributed by atoms with Gasteiger partial charge in [0, 0.05) is 18.2 Å². The van der Waals surface area contributed by atoms with Crippen molar-refractivity contribution in [3.05, 3.63) is 42.2 Å². The number of rotatable bonds is 7. The average molecular weight is 494 g/mol. The van der Waals surface area contributed by atoms with Crippen LogP contribution in [0.3, 0.4) is 0 Å². The lowest BCUT2D eigenvalue weighted by Crippen LogP contribution is -2.50. The van der Waals surface area contributed by atoms with Crippen molar-refractivity contribution in [2.75, 3.05) is 14.2 Å². The molecule has 6 nitrogen and oxygen atoms in total. The SMILES string of the molecule is COc1ccc(-c2nc3ccc(F)cc3n2CC(=O)N(C2CCCCC2)C2CCCCC2)c(OC)c1. The molecule has 2 fully saturated rings. The van der Waals surface area contributed by atoms with Crippen LogP contribution in [0.15, 0.2) is 36.4 Å². The quantitative estimate of drug-likeness (QED) is 0.385. The molecule has 2 aliphatic rings. The summed E-state index contributed by atoms with van der Waals surface area (Å²) in [4.78, 5) is 21.1. The van der Waals surface area contributed by atoms with Gasteiger partial charge in [-0.15, -0.1) is 0 Å². The number of carbonyl (C=O) groups is 1. The Balaban J connectivity index is 1.56. The van der Waals surface area contributed by atoms with Crippen LogP contribution in [0.4, 0.5) is 4.39 Å². The Bertz CT molecular complexity index is 1190. The molecule has 1 aromatic heterocycles. The number of hydrogen-bond donors (Lipinski definition) is 0. The maximum absolute atomic E-state index is 14.4. The highest BCUT2D eigenvalue weighted by atomic mass is 19.1. The first kappa shape index (κ1) is 24.6. The Hall–Kier alpha value is -3.09. The maximum Gasteiger partial charge on any atom is 0.243 e. The van der Waals surface area contributed by atoms with Gasteiger partial charge in [-0.2, -0.15) is 0 Å². The first-order valence-corrected chi connectivity index (χ1v) is 13.3. The topological polar surface area (TPSA) is 56.6 Å². The number of carbonyl (C=O) groups excluding carboxylic acids is 1. The van der Waals surface area contributed by atoms with Crippen molar-refractivity contribution in [1.29, 1.82) is 0 Å². The molecule has 0 spiro atoms. The minimum Gasteiger partial charge on any atom is -0.497 e. The summed E-state index contributed by atoms with van der Waals surface area (Å²) in [5.74, 6) is 1.61. The smallest absolute Gasteiger partial charge is 0.243 e. The van der Waals surface area contributed by atoms with Crippen LogP contribution in [-0.4, -0.2) is 46.7 Å². The zero-order valence-corrected chi connectivity index (χ0v) is 21.3. The van der Waals surface area contributed by atoms with Crippen LogP contribution in [0.5, 0.6) is 11.5 Å². The molecule has 0 unspecified atom stereocenters. The maximum atomic E-state index is 14.4. The van der Waals surface area contributed by atoms with E-state index in [-0.39, 0.29) is 18.3 Å². The molecule has 36 heavy (non-hydrogen) atoms. The molecular weight excluding hydrogens is 457 g/mol. The fourth-order valence-corrected chi connectivity index (χ4v) is 6.09. The summed E-state index contributed by atoms with van der Waals surface area (Å²) in [6.45, 7) is 0.122. The van der Waals surface area contributed by atoms with Crippen LogP contribution < -0.4 is 9.47 Å². The van der Waals surface area contributed by atoms with Crippen molar-refractivity contribution in [3.8, 4) is 22.9 Å².